The predicted molar refractivity (Wildman–Crippen MR) is 98.3 cm³/mol. The molecule has 5 heteroatoms. The van der Waals surface area contributed by atoms with Crippen LogP contribution in [0.3, 0.4) is 0 Å². The third-order valence-corrected chi connectivity index (χ3v) is 4.07. The summed E-state index contributed by atoms with van der Waals surface area (Å²) < 4.78 is 2.48. The van der Waals surface area contributed by atoms with E-state index in [1.54, 1.807) is 6.20 Å². The highest BCUT2D eigenvalue weighted by Gasteiger charge is 2.08. The van der Waals surface area contributed by atoms with Gasteiger partial charge in [0.05, 0.1) is 12.1 Å². The molecule has 24 heavy (non-hydrogen) atoms. The van der Waals surface area contributed by atoms with Gasteiger partial charge in [-0.05, 0) is 35.9 Å². The van der Waals surface area contributed by atoms with Crippen molar-refractivity contribution in [3.05, 3.63) is 98.9 Å². The Bertz CT molecular complexity index is 903. The second kappa shape index (κ2) is 7.27. The van der Waals surface area contributed by atoms with E-state index in [4.69, 9.17) is 0 Å². The smallest absolute Gasteiger partial charge is 0.257 e. The van der Waals surface area contributed by atoms with Crippen molar-refractivity contribution in [3.8, 4) is 0 Å². The lowest BCUT2D eigenvalue weighted by atomic mass is 10.2. The molecule has 2 aromatic carbocycles. The monoisotopic (exact) mass is 382 g/mol. The van der Waals surface area contributed by atoms with Gasteiger partial charge in [0.1, 0.15) is 0 Å². The molecule has 3 rings (SSSR count). The Balaban J connectivity index is 1.81. The molecule has 0 fully saturated rings. The zero-order valence-corrected chi connectivity index (χ0v) is 14.4. The van der Waals surface area contributed by atoms with Crippen molar-refractivity contribution in [3.63, 3.8) is 0 Å². The van der Waals surface area contributed by atoms with E-state index in [0.29, 0.717) is 17.8 Å². The number of carbonyl (C=O) groups is 1. The first kappa shape index (κ1) is 16.2. The number of nitrogens with one attached hydrogen (secondary N) is 1. The van der Waals surface area contributed by atoms with Crippen LogP contribution in [0.4, 0.5) is 5.69 Å². The van der Waals surface area contributed by atoms with Crippen molar-refractivity contribution in [2.75, 3.05) is 5.32 Å². The molecule has 120 valence electrons. The summed E-state index contributed by atoms with van der Waals surface area (Å²) in [7, 11) is 0. The number of nitrogens with zero attached hydrogens (tertiary/aromatic N) is 1. The Labute approximate surface area is 147 Å². The van der Waals surface area contributed by atoms with Crippen LogP contribution in [0.15, 0.2) is 82.2 Å². The average molecular weight is 383 g/mol. The van der Waals surface area contributed by atoms with Crippen molar-refractivity contribution in [1.82, 2.24) is 4.57 Å². The first-order valence-corrected chi connectivity index (χ1v) is 8.22. The van der Waals surface area contributed by atoms with Crippen molar-refractivity contribution in [1.29, 1.82) is 0 Å². The van der Waals surface area contributed by atoms with Gasteiger partial charge in [-0.2, -0.15) is 0 Å². The maximum absolute atomic E-state index is 12.4. The number of anilines is 1. The van der Waals surface area contributed by atoms with Crippen LogP contribution in [0.2, 0.25) is 0 Å². The van der Waals surface area contributed by atoms with Gasteiger partial charge in [-0.1, -0.05) is 46.3 Å². The van der Waals surface area contributed by atoms with Gasteiger partial charge in [0.25, 0.3) is 11.5 Å². The summed E-state index contributed by atoms with van der Waals surface area (Å²) in [5.74, 6) is -0.251. The number of benzene rings is 2. The Kier molecular flexibility index (Phi) is 4.91. The third kappa shape index (κ3) is 4.00. The average Bonchev–Trinajstić information content (AvgIpc) is 2.60. The van der Waals surface area contributed by atoms with Gasteiger partial charge in [0.2, 0.25) is 0 Å². The van der Waals surface area contributed by atoms with Crippen LogP contribution in [0.25, 0.3) is 0 Å². The van der Waals surface area contributed by atoms with Crippen LogP contribution in [0.1, 0.15) is 15.9 Å². The van der Waals surface area contributed by atoms with Gasteiger partial charge in [-0.15, -0.1) is 0 Å². The number of pyridine rings is 1. The largest absolute Gasteiger partial charge is 0.322 e. The summed E-state index contributed by atoms with van der Waals surface area (Å²) in [6, 6.07) is 19.9. The van der Waals surface area contributed by atoms with Gasteiger partial charge >= 0.3 is 0 Å². The fourth-order valence-electron chi connectivity index (χ4n) is 2.31. The Hall–Kier alpha value is -2.66. The highest BCUT2D eigenvalue weighted by molar-refractivity contribution is 9.10. The lowest BCUT2D eigenvalue weighted by molar-refractivity contribution is 0.102. The van der Waals surface area contributed by atoms with Gasteiger partial charge < -0.3 is 9.88 Å². The highest BCUT2D eigenvalue weighted by atomic mass is 79.9. The number of halogens is 1. The zero-order chi connectivity index (χ0) is 16.9. The Morgan fingerprint density at radius 2 is 1.67 bits per heavy atom. The summed E-state index contributed by atoms with van der Waals surface area (Å²) in [6.07, 6.45) is 1.59. The topological polar surface area (TPSA) is 51.1 Å². The van der Waals surface area contributed by atoms with E-state index in [-0.39, 0.29) is 11.5 Å². The van der Waals surface area contributed by atoms with E-state index in [1.165, 1.54) is 16.7 Å². The minimum Gasteiger partial charge on any atom is -0.322 e. The van der Waals surface area contributed by atoms with E-state index in [0.717, 1.165) is 10.0 Å². The molecule has 3 aromatic rings. The molecule has 0 radical (unpaired) electrons. The summed E-state index contributed by atoms with van der Waals surface area (Å²) in [5.41, 5.74) is 2.00. The molecular formula is C19H15BrN2O2. The molecule has 0 aliphatic rings. The first-order chi connectivity index (χ1) is 11.6. The van der Waals surface area contributed by atoms with Crippen molar-refractivity contribution < 1.29 is 4.79 Å². The predicted octanol–water partition coefficient (Wildman–Crippen LogP) is 3.91. The normalized spacial score (nSPS) is 10.4. The van der Waals surface area contributed by atoms with Gasteiger partial charge in [-0.25, -0.2) is 0 Å². The Morgan fingerprint density at radius 3 is 2.38 bits per heavy atom. The minimum atomic E-state index is -0.251. The first-order valence-electron chi connectivity index (χ1n) is 7.43. The second-order valence-electron chi connectivity index (χ2n) is 5.33. The summed E-state index contributed by atoms with van der Waals surface area (Å²) >= 11 is 3.35. The molecule has 1 aromatic heterocycles. The quantitative estimate of drug-likeness (QED) is 0.743. The molecule has 0 bridgehead atoms. The highest BCUT2D eigenvalue weighted by Crippen LogP contribution is 2.15. The molecule has 1 amide bonds. The van der Waals surface area contributed by atoms with E-state index in [2.05, 4.69) is 21.2 Å². The van der Waals surface area contributed by atoms with Crippen LogP contribution in [0, 0.1) is 0 Å². The maximum Gasteiger partial charge on any atom is 0.257 e. The molecular weight excluding hydrogens is 368 g/mol. The number of aromatic nitrogens is 1. The van der Waals surface area contributed by atoms with Crippen molar-refractivity contribution in [2.45, 2.75) is 6.54 Å². The molecule has 0 spiro atoms. The third-order valence-electron chi connectivity index (χ3n) is 3.54. The van der Waals surface area contributed by atoms with E-state index < -0.39 is 0 Å². The number of hydrogen-bond acceptors (Lipinski definition) is 2. The lowest BCUT2D eigenvalue weighted by Gasteiger charge is -2.09. The molecule has 1 N–H and O–H groups in total. The fraction of sp³-hybridized carbons (Fsp3) is 0.0526. The zero-order valence-electron chi connectivity index (χ0n) is 12.8. The standard InChI is InChI=1S/C19H15BrN2O2/c20-16-7-9-17(10-8-16)21-19(24)15-6-11-18(23)22(13-15)12-14-4-2-1-3-5-14/h1-11,13H,12H2,(H,21,24). The molecule has 0 aliphatic carbocycles. The van der Waals surface area contributed by atoms with Crippen molar-refractivity contribution in [2.24, 2.45) is 0 Å². The SMILES string of the molecule is O=C(Nc1ccc(Br)cc1)c1ccc(=O)n(Cc2ccccc2)c1. The molecule has 0 unspecified atom stereocenters. The molecule has 0 aliphatic heterocycles. The number of carbonyl (C=O) groups excluding carboxylic acids is 1. The fourth-order valence-corrected chi connectivity index (χ4v) is 2.57. The van der Waals surface area contributed by atoms with E-state index >= 15 is 0 Å². The van der Waals surface area contributed by atoms with E-state index in [1.807, 2.05) is 54.6 Å². The molecule has 0 saturated heterocycles. The second-order valence-corrected chi connectivity index (χ2v) is 6.25. The summed E-state index contributed by atoms with van der Waals surface area (Å²) in [5, 5.41) is 2.82. The number of amides is 1. The van der Waals surface area contributed by atoms with Crippen LogP contribution >= 0.6 is 15.9 Å². The summed E-state index contributed by atoms with van der Waals surface area (Å²) in [6.45, 7) is 0.430. The van der Waals surface area contributed by atoms with Crippen LogP contribution in [-0.2, 0) is 6.54 Å². The lowest BCUT2D eigenvalue weighted by Crippen LogP contribution is -2.22. The van der Waals surface area contributed by atoms with Gasteiger partial charge in [-0.3, -0.25) is 9.59 Å². The van der Waals surface area contributed by atoms with Crippen LogP contribution < -0.4 is 10.9 Å². The summed E-state index contributed by atoms with van der Waals surface area (Å²) in [4.78, 5) is 24.4. The Morgan fingerprint density at radius 1 is 0.958 bits per heavy atom. The van der Waals surface area contributed by atoms with Crippen molar-refractivity contribution >= 4 is 27.5 Å². The molecule has 1 heterocycles. The molecule has 0 saturated carbocycles. The maximum atomic E-state index is 12.4. The van der Waals surface area contributed by atoms with Crippen LogP contribution in [-0.4, -0.2) is 10.5 Å². The number of hydrogen-bond donors (Lipinski definition) is 1. The van der Waals surface area contributed by atoms with Gasteiger partial charge in [0, 0.05) is 22.4 Å². The van der Waals surface area contributed by atoms with Crippen LogP contribution in [0.5, 0.6) is 0 Å². The molecule has 0 atom stereocenters. The minimum absolute atomic E-state index is 0.140. The van der Waals surface area contributed by atoms with Gasteiger partial charge in [0.15, 0.2) is 0 Å². The number of rotatable bonds is 4. The van der Waals surface area contributed by atoms with E-state index in [9.17, 15) is 9.59 Å². The molecule has 4 nitrogen and oxygen atoms in total.